The Labute approximate surface area is 180 Å². The maximum absolute atomic E-state index is 12.3. The van der Waals surface area contributed by atoms with Crippen LogP contribution in [0.4, 0.5) is 9.59 Å². The topological polar surface area (TPSA) is 106 Å². The Hall–Kier alpha value is -2.77. The maximum atomic E-state index is 12.3. The van der Waals surface area contributed by atoms with E-state index in [1.165, 1.54) is 0 Å². The number of hydrogen-bond donors (Lipinski definition) is 3. The number of amides is 3. The van der Waals surface area contributed by atoms with Crippen molar-refractivity contribution < 1.29 is 23.9 Å². The van der Waals surface area contributed by atoms with Crippen LogP contribution in [0.5, 0.6) is 0 Å². The van der Waals surface area contributed by atoms with Crippen molar-refractivity contribution in [3.8, 4) is 0 Å². The van der Waals surface area contributed by atoms with Crippen molar-refractivity contribution in [3.63, 3.8) is 0 Å². The zero-order chi connectivity index (χ0) is 23.0. The van der Waals surface area contributed by atoms with E-state index in [0.29, 0.717) is 32.4 Å². The molecule has 3 N–H and O–H groups in total. The summed E-state index contributed by atoms with van der Waals surface area (Å²) >= 11 is 0. The molecule has 170 valence electrons. The molecule has 3 amide bonds. The van der Waals surface area contributed by atoms with Gasteiger partial charge in [0.2, 0.25) is 5.91 Å². The molecule has 0 rings (SSSR count). The molecule has 0 bridgehead atoms. The largest absolute Gasteiger partial charge is 0.445 e. The van der Waals surface area contributed by atoms with Crippen LogP contribution in [0.3, 0.4) is 0 Å². The molecule has 0 aliphatic heterocycles. The third kappa shape index (κ3) is 14.3. The monoisotopic (exact) mass is 423 g/mol. The Morgan fingerprint density at radius 1 is 1.03 bits per heavy atom. The van der Waals surface area contributed by atoms with Crippen molar-refractivity contribution in [1.29, 1.82) is 0 Å². The summed E-state index contributed by atoms with van der Waals surface area (Å²) in [5.74, 6) is -0.249. The van der Waals surface area contributed by atoms with Gasteiger partial charge in [0.1, 0.15) is 18.2 Å². The van der Waals surface area contributed by atoms with E-state index in [2.05, 4.69) is 29.1 Å². The van der Waals surface area contributed by atoms with E-state index in [4.69, 9.17) is 9.47 Å². The van der Waals surface area contributed by atoms with Gasteiger partial charge in [0.05, 0.1) is 0 Å². The molecule has 8 nitrogen and oxygen atoms in total. The second-order valence-corrected chi connectivity index (χ2v) is 7.67. The lowest BCUT2D eigenvalue weighted by atomic mass is 10.1. The highest BCUT2D eigenvalue weighted by Crippen LogP contribution is 2.08. The molecule has 0 saturated heterocycles. The highest BCUT2D eigenvalue weighted by Gasteiger charge is 2.23. The standard InChI is InChI=1S/C22H37N3O5/c1-7-12-17(9-3)16-29-20(27)24-15-11-10-13-18(19(26)23-14-8-2)25-21(28)30-22(4,5)6/h7,9,12,18H,1,3,8,10-11,13-16H2,2,4-6H3,(H,23,26)(H,24,27)(H,25,28)/b17-12+. The summed E-state index contributed by atoms with van der Waals surface area (Å²) < 4.78 is 10.3. The molecule has 1 unspecified atom stereocenters. The van der Waals surface area contributed by atoms with Crippen LogP contribution in [0.2, 0.25) is 0 Å². The molecular formula is C22H37N3O5. The zero-order valence-electron chi connectivity index (χ0n) is 18.7. The number of carbonyl (C=O) groups is 3. The van der Waals surface area contributed by atoms with E-state index in [1.807, 2.05) is 6.92 Å². The fraction of sp³-hybridized carbons (Fsp3) is 0.591. The van der Waals surface area contributed by atoms with Crippen LogP contribution < -0.4 is 16.0 Å². The summed E-state index contributed by atoms with van der Waals surface area (Å²) in [5.41, 5.74) is 0.0970. The van der Waals surface area contributed by atoms with Crippen molar-refractivity contribution in [2.45, 2.75) is 65.0 Å². The van der Waals surface area contributed by atoms with Crippen molar-refractivity contribution >= 4 is 18.1 Å². The van der Waals surface area contributed by atoms with Gasteiger partial charge in [-0.25, -0.2) is 9.59 Å². The SMILES string of the molecule is C=C/C=C(\C=C)COC(=O)NCCCCC(NC(=O)OC(C)(C)C)C(=O)NCCC. The normalized spacial score (nSPS) is 12.3. The molecule has 0 aromatic heterocycles. The van der Waals surface area contributed by atoms with E-state index in [1.54, 1.807) is 39.0 Å². The summed E-state index contributed by atoms with van der Waals surface area (Å²) in [4.78, 5) is 36.0. The smallest absolute Gasteiger partial charge is 0.408 e. The Kier molecular flexibility index (Phi) is 13.7. The third-order valence-electron chi connectivity index (χ3n) is 3.71. The number of carbonyl (C=O) groups excluding carboxylic acids is 3. The molecule has 30 heavy (non-hydrogen) atoms. The number of nitrogens with one attached hydrogen (secondary N) is 3. The molecule has 0 saturated carbocycles. The highest BCUT2D eigenvalue weighted by atomic mass is 16.6. The molecule has 0 aromatic carbocycles. The fourth-order valence-corrected chi connectivity index (χ4v) is 2.28. The number of ether oxygens (including phenoxy) is 2. The van der Waals surface area contributed by atoms with Gasteiger partial charge < -0.3 is 25.4 Å². The van der Waals surface area contributed by atoms with Gasteiger partial charge in [-0.05, 0) is 52.0 Å². The average molecular weight is 424 g/mol. The number of alkyl carbamates (subject to hydrolysis) is 2. The van der Waals surface area contributed by atoms with Crippen molar-refractivity contribution in [2.75, 3.05) is 19.7 Å². The van der Waals surface area contributed by atoms with Gasteiger partial charge in [-0.2, -0.15) is 0 Å². The molecule has 0 fully saturated rings. The number of rotatable bonds is 13. The summed E-state index contributed by atoms with van der Waals surface area (Å²) in [7, 11) is 0. The molecular weight excluding hydrogens is 386 g/mol. The third-order valence-corrected chi connectivity index (χ3v) is 3.71. The summed E-state index contributed by atoms with van der Waals surface area (Å²) in [5, 5.41) is 8.06. The Balaban J connectivity index is 4.40. The van der Waals surface area contributed by atoms with Crippen LogP contribution in [0.25, 0.3) is 0 Å². The summed E-state index contributed by atoms with van der Waals surface area (Å²) in [6.07, 6.45) is 6.20. The zero-order valence-corrected chi connectivity index (χ0v) is 18.7. The molecule has 0 radical (unpaired) electrons. The first-order chi connectivity index (χ1) is 14.1. The van der Waals surface area contributed by atoms with Crippen LogP contribution in [-0.4, -0.2) is 49.4 Å². The average Bonchev–Trinajstić information content (AvgIpc) is 2.66. The lowest BCUT2D eigenvalue weighted by Crippen LogP contribution is -2.48. The molecule has 8 heteroatoms. The first kappa shape index (κ1) is 27.2. The molecule has 0 aliphatic rings. The summed E-state index contributed by atoms with van der Waals surface area (Å²) in [6, 6.07) is -0.697. The maximum Gasteiger partial charge on any atom is 0.408 e. The molecule has 0 heterocycles. The second-order valence-electron chi connectivity index (χ2n) is 7.67. The van der Waals surface area contributed by atoms with E-state index < -0.39 is 23.8 Å². The fourth-order valence-electron chi connectivity index (χ4n) is 2.28. The van der Waals surface area contributed by atoms with E-state index in [-0.39, 0.29) is 12.5 Å². The van der Waals surface area contributed by atoms with Crippen molar-refractivity contribution in [2.24, 2.45) is 0 Å². The number of allylic oxidation sites excluding steroid dienone is 2. The second kappa shape index (κ2) is 15.1. The van der Waals surface area contributed by atoms with E-state index >= 15 is 0 Å². The van der Waals surface area contributed by atoms with Crippen LogP contribution >= 0.6 is 0 Å². The van der Waals surface area contributed by atoms with Gasteiger partial charge in [-0.1, -0.05) is 38.3 Å². The first-order valence-electron chi connectivity index (χ1n) is 10.2. The highest BCUT2D eigenvalue weighted by molar-refractivity contribution is 5.85. The molecule has 1 atom stereocenters. The van der Waals surface area contributed by atoms with Gasteiger partial charge in [0.15, 0.2) is 0 Å². The van der Waals surface area contributed by atoms with Crippen LogP contribution in [0.1, 0.15) is 53.4 Å². The van der Waals surface area contributed by atoms with E-state index in [0.717, 1.165) is 12.0 Å². The lowest BCUT2D eigenvalue weighted by Gasteiger charge is -2.23. The van der Waals surface area contributed by atoms with Crippen molar-refractivity contribution in [3.05, 3.63) is 37.0 Å². The van der Waals surface area contributed by atoms with Gasteiger partial charge in [0.25, 0.3) is 0 Å². The first-order valence-corrected chi connectivity index (χ1v) is 10.2. The van der Waals surface area contributed by atoms with Gasteiger partial charge in [-0.3, -0.25) is 4.79 Å². The predicted octanol–water partition coefficient (Wildman–Crippen LogP) is 3.60. The van der Waals surface area contributed by atoms with Crippen molar-refractivity contribution in [1.82, 2.24) is 16.0 Å². The van der Waals surface area contributed by atoms with Gasteiger partial charge >= 0.3 is 12.2 Å². The van der Waals surface area contributed by atoms with Crippen LogP contribution in [0, 0.1) is 0 Å². The number of hydrogen-bond acceptors (Lipinski definition) is 5. The van der Waals surface area contributed by atoms with Crippen LogP contribution in [-0.2, 0) is 14.3 Å². The minimum Gasteiger partial charge on any atom is -0.445 e. The van der Waals surface area contributed by atoms with Gasteiger partial charge in [0, 0.05) is 13.1 Å². The minimum atomic E-state index is -0.697. The molecule has 0 spiro atoms. The van der Waals surface area contributed by atoms with E-state index in [9.17, 15) is 14.4 Å². The molecule has 0 aromatic rings. The van der Waals surface area contributed by atoms with Gasteiger partial charge in [-0.15, -0.1) is 0 Å². The Bertz CT molecular complexity index is 608. The predicted molar refractivity (Wildman–Crippen MR) is 118 cm³/mol. The molecule has 0 aliphatic carbocycles. The minimum absolute atomic E-state index is 0.112. The lowest BCUT2D eigenvalue weighted by molar-refractivity contribution is -0.123. The summed E-state index contributed by atoms with van der Waals surface area (Å²) in [6.45, 7) is 15.5. The Morgan fingerprint density at radius 2 is 1.73 bits per heavy atom. The van der Waals surface area contributed by atoms with Crippen LogP contribution in [0.15, 0.2) is 37.0 Å². The number of unbranched alkanes of at least 4 members (excludes halogenated alkanes) is 1. The Morgan fingerprint density at radius 3 is 2.30 bits per heavy atom. The quantitative estimate of drug-likeness (QED) is 0.310.